The Morgan fingerprint density at radius 3 is 2.50 bits per heavy atom. The van der Waals surface area contributed by atoms with Crippen molar-refractivity contribution in [2.75, 3.05) is 17.2 Å². The predicted octanol–water partition coefficient (Wildman–Crippen LogP) is 4.48. The second-order valence-corrected chi connectivity index (χ2v) is 5.13. The highest BCUT2D eigenvalue weighted by molar-refractivity contribution is 6.30. The highest BCUT2D eigenvalue weighted by Crippen LogP contribution is 2.23. The Bertz CT molecular complexity index is 569. The van der Waals surface area contributed by atoms with Crippen LogP contribution in [-0.2, 0) is 6.54 Å². The van der Waals surface area contributed by atoms with Crippen LogP contribution >= 0.6 is 11.6 Å². The smallest absolute Gasteiger partial charge is 0.146 e. The molecule has 0 heterocycles. The fraction of sp³-hybridized carbons (Fsp3) is 0.250. The average molecular weight is 293 g/mol. The number of hydrogen-bond donors (Lipinski definition) is 1. The first-order valence-electron chi connectivity index (χ1n) is 6.65. The minimum Gasteiger partial charge on any atom is -0.399 e. The van der Waals surface area contributed by atoms with Crippen LogP contribution < -0.4 is 10.6 Å². The van der Waals surface area contributed by atoms with Crippen molar-refractivity contribution < 1.29 is 4.39 Å². The first kappa shape index (κ1) is 14.7. The number of anilines is 2. The molecule has 2 rings (SSSR count). The molecule has 0 aliphatic rings. The van der Waals surface area contributed by atoms with E-state index in [1.54, 1.807) is 18.2 Å². The van der Waals surface area contributed by atoms with Crippen LogP contribution in [-0.4, -0.2) is 6.54 Å². The van der Waals surface area contributed by atoms with Gasteiger partial charge in [0.15, 0.2) is 0 Å². The third-order valence-corrected chi connectivity index (χ3v) is 3.44. The summed E-state index contributed by atoms with van der Waals surface area (Å²) in [6.45, 7) is 3.43. The summed E-state index contributed by atoms with van der Waals surface area (Å²) in [7, 11) is 0. The molecule has 0 saturated heterocycles. The number of nitrogens with zero attached hydrogens (tertiary/aromatic N) is 1. The summed E-state index contributed by atoms with van der Waals surface area (Å²) in [6.07, 6.45) is 0.979. The van der Waals surface area contributed by atoms with E-state index in [-0.39, 0.29) is 10.8 Å². The van der Waals surface area contributed by atoms with E-state index in [0.29, 0.717) is 12.1 Å². The molecule has 0 unspecified atom stereocenters. The SMILES string of the molecule is CCCN(Cc1cccc(Cl)c1F)c1ccc(N)cc1. The Labute approximate surface area is 124 Å². The Balaban J connectivity index is 2.25. The fourth-order valence-electron chi connectivity index (χ4n) is 2.13. The molecule has 0 atom stereocenters. The summed E-state index contributed by atoms with van der Waals surface area (Å²) in [5.41, 5.74) is 8.05. The highest BCUT2D eigenvalue weighted by Gasteiger charge is 2.11. The molecule has 0 radical (unpaired) electrons. The van der Waals surface area contributed by atoms with Gasteiger partial charge in [0, 0.05) is 30.0 Å². The molecule has 106 valence electrons. The summed E-state index contributed by atoms with van der Waals surface area (Å²) in [6, 6.07) is 12.7. The second kappa shape index (κ2) is 6.62. The third-order valence-electron chi connectivity index (χ3n) is 3.14. The average Bonchev–Trinajstić information content (AvgIpc) is 2.44. The van der Waals surface area contributed by atoms with Crippen LogP contribution in [0.2, 0.25) is 5.02 Å². The van der Waals surface area contributed by atoms with Crippen molar-refractivity contribution in [1.29, 1.82) is 0 Å². The highest BCUT2D eigenvalue weighted by atomic mass is 35.5. The van der Waals surface area contributed by atoms with Crippen molar-refractivity contribution in [3.63, 3.8) is 0 Å². The van der Waals surface area contributed by atoms with E-state index in [1.165, 1.54) is 0 Å². The van der Waals surface area contributed by atoms with E-state index < -0.39 is 0 Å². The lowest BCUT2D eigenvalue weighted by atomic mass is 10.1. The molecule has 0 amide bonds. The lowest BCUT2D eigenvalue weighted by Gasteiger charge is -2.25. The monoisotopic (exact) mass is 292 g/mol. The Kier molecular flexibility index (Phi) is 4.85. The van der Waals surface area contributed by atoms with E-state index in [1.807, 2.05) is 24.3 Å². The minimum atomic E-state index is -0.342. The van der Waals surface area contributed by atoms with Gasteiger partial charge in [0.2, 0.25) is 0 Å². The number of nitrogens with two attached hydrogens (primary N) is 1. The van der Waals surface area contributed by atoms with Crippen LogP contribution in [0.5, 0.6) is 0 Å². The maximum atomic E-state index is 14.0. The Morgan fingerprint density at radius 1 is 1.15 bits per heavy atom. The molecular weight excluding hydrogens is 275 g/mol. The van der Waals surface area contributed by atoms with E-state index >= 15 is 0 Å². The van der Waals surface area contributed by atoms with Crippen molar-refractivity contribution in [3.8, 4) is 0 Å². The molecule has 0 aromatic heterocycles. The van der Waals surface area contributed by atoms with E-state index in [0.717, 1.165) is 24.3 Å². The lowest BCUT2D eigenvalue weighted by molar-refractivity contribution is 0.603. The van der Waals surface area contributed by atoms with Gasteiger partial charge in [0.05, 0.1) is 5.02 Å². The van der Waals surface area contributed by atoms with Gasteiger partial charge in [-0.15, -0.1) is 0 Å². The molecule has 0 aliphatic heterocycles. The molecule has 2 N–H and O–H groups in total. The number of benzene rings is 2. The molecule has 20 heavy (non-hydrogen) atoms. The Morgan fingerprint density at radius 2 is 1.85 bits per heavy atom. The number of rotatable bonds is 5. The quantitative estimate of drug-likeness (QED) is 0.823. The standard InChI is InChI=1S/C16H18ClFN2/c1-2-10-20(14-8-6-13(19)7-9-14)11-12-4-3-5-15(17)16(12)18/h3-9H,2,10-11,19H2,1H3. The molecule has 2 aromatic rings. The molecule has 4 heteroatoms. The first-order chi connectivity index (χ1) is 9.61. The molecule has 0 bridgehead atoms. The number of halogens is 2. The van der Waals surface area contributed by atoms with Crippen LogP contribution in [0.1, 0.15) is 18.9 Å². The van der Waals surface area contributed by atoms with Gasteiger partial charge in [-0.2, -0.15) is 0 Å². The van der Waals surface area contributed by atoms with Gasteiger partial charge in [-0.05, 0) is 36.8 Å². The molecule has 0 spiro atoms. The van der Waals surface area contributed by atoms with Crippen molar-refractivity contribution in [1.82, 2.24) is 0 Å². The van der Waals surface area contributed by atoms with Gasteiger partial charge in [-0.3, -0.25) is 0 Å². The summed E-state index contributed by atoms with van der Waals surface area (Å²) < 4.78 is 14.0. The number of hydrogen-bond acceptors (Lipinski definition) is 2. The topological polar surface area (TPSA) is 29.3 Å². The number of nitrogen functional groups attached to an aromatic ring is 1. The summed E-state index contributed by atoms with van der Waals surface area (Å²) in [5, 5.41) is 0.163. The van der Waals surface area contributed by atoms with Crippen molar-refractivity contribution in [2.24, 2.45) is 0 Å². The predicted molar refractivity (Wildman–Crippen MR) is 83.6 cm³/mol. The zero-order valence-corrected chi connectivity index (χ0v) is 12.2. The zero-order chi connectivity index (χ0) is 14.5. The maximum absolute atomic E-state index is 14.0. The third kappa shape index (κ3) is 3.42. The van der Waals surface area contributed by atoms with Gasteiger partial charge in [-0.1, -0.05) is 30.7 Å². The van der Waals surface area contributed by atoms with E-state index in [9.17, 15) is 4.39 Å². The maximum Gasteiger partial charge on any atom is 0.146 e. The normalized spacial score (nSPS) is 10.6. The van der Waals surface area contributed by atoms with Gasteiger partial charge in [0.25, 0.3) is 0 Å². The molecule has 0 fully saturated rings. The largest absolute Gasteiger partial charge is 0.399 e. The zero-order valence-electron chi connectivity index (χ0n) is 11.4. The van der Waals surface area contributed by atoms with Crippen molar-refractivity contribution in [3.05, 3.63) is 58.9 Å². The molecule has 2 aromatic carbocycles. The van der Waals surface area contributed by atoms with Gasteiger partial charge in [0.1, 0.15) is 5.82 Å². The molecular formula is C16H18ClFN2. The molecule has 0 aliphatic carbocycles. The first-order valence-corrected chi connectivity index (χ1v) is 7.03. The second-order valence-electron chi connectivity index (χ2n) is 4.73. The van der Waals surface area contributed by atoms with Crippen molar-refractivity contribution >= 4 is 23.0 Å². The lowest BCUT2D eigenvalue weighted by Crippen LogP contribution is -2.24. The fourth-order valence-corrected chi connectivity index (χ4v) is 2.32. The van der Waals surface area contributed by atoms with Gasteiger partial charge < -0.3 is 10.6 Å². The minimum absolute atomic E-state index is 0.163. The van der Waals surface area contributed by atoms with Crippen LogP contribution in [0, 0.1) is 5.82 Å². The molecule has 2 nitrogen and oxygen atoms in total. The summed E-state index contributed by atoms with van der Waals surface area (Å²) >= 11 is 5.83. The van der Waals surface area contributed by atoms with Crippen LogP contribution in [0.25, 0.3) is 0 Å². The van der Waals surface area contributed by atoms with Crippen molar-refractivity contribution in [2.45, 2.75) is 19.9 Å². The summed E-state index contributed by atoms with van der Waals surface area (Å²) in [4.78, 5) is 2.12. The summed E-state index contributed by atoms with van der Waals surface area (Å²) in [5.74, 6) is -0.342. The van der Waals surface area contributed by atoms with Crippen LogP contribution in [0.15, 0.2) is 42.5 Å². The van der Waals surface area contributed by atoms with Crippen LogP contribution in [0.3, 0.4) is 0 Å². The Hall–Kier alpha value is -1.74. The van der Waals surface area contributed by atoms with Gasteiger partial charge in [-0.25, -0.2) is 4.39 Å². The molecule has 0 saturated carbocycles. The van der Waals surface area contributed by atoms with E-state index in [4.69, 9.17) is 17.3 Å². The van der Waals surface area contributed by atoms with E-state index in [2.05, 4.69) is 11.8 Å². The van der Waals surface area contributed by atoms with Crippen LogP contribution in [0.4, 0.5) is 15.8 Å². The van der Waals surface area contributed by atoms with Gasteiger partial charge >= 0.3 is 0 Å².